The van der Waals surface area contributed by atoms with Crippen LogP contribution in [-0.2, 0) is 26.4 Å². The molecule has 2 aliphatic heterocycles. The number of hydrogen-bond acceptors (Lipinski definition) is 3. The molecular weight excluding hydrogens is 417 g/mol. The predicted octanol–water partition coefficient (Wildman–Crippen LogP) is 3.79. The van der Waals surface area contributed by atoms with Gasteiger partial charge >= 0.3 is 6.18 Å². The van der Waals surface area contributed by atoms with E-state index in [-0.39, 0.29) is 23.9 Å². The van der Waals surface area contributed by atoms with Crippen molar-refractivity contribution >= 4 is 21.6 Å². The standard InChI is InChI=1S/C21H21F3N2O3S/c1-2-26-18-6-4-3-5-17(18)20(19(26)27)11-13-25(14-12-20)30(28,29)16-9-7-15(8-10-16)21(22,23)24/h3-10H,2,11-14H2,1H3. The van der Waals surface area contributed by atoms with E-state index in [1.165, 1.54) is 4.31 Å². The Morgan fingerprint density at radius 3 is 2.17 bits per heavy atom. The molecule has 2 aromatic rings. The molecule has 0 aliphatic carbocycles. The fraction of sp³-hybridized carbons (Fsp3) is 0.381. The highest BCUT2D eigenvalue weighted by molar-refractivity contribution is 7.89. The van der Waals surface area contributed by atoms with Crippen molar-refractivity contribution in [1.82, 2.24) is 4.31 Å². The topological polar surface area (TPSA) is 57.7 Å². The van der Waals surface area contributed by atoms with Gasteiger partial charge < -0.3 is 4.90 Å². The van der Waals surface area contributed by atoms with E-state index < -0.39 is 27.2 Å². The Kier molecular flexibility index (Phi) is 4.93. The number of sulfonamides is 1. The van der Waals surface area contributed by atoms with Gasteiger partial charge in [0.2, 0.25) is 15.9 Å². The molecular formula is C21H21F3N2O3S. The highest BCUT2D eigenvalue weighted by Gasteiger charge is 2.52. The van der Waals surface area contributed by atoms with Crippen LogP contribution in [0.1, 0.15) is 30.9 Å². The van der Waals surface area contributed by atoms with Gasteiger partial charge in [-0.2, -0.15) is 17.5 Å². The maximum atomic E-state index is 13.2. The number of rotatable bonds is 3. The van der Waals surface area contributed by atoms with Crippen LogP contribution in [0.2, 0.25) is 0 Å². The van der Waals surface area contributed by atoms with Crippen molar-refractivity contribution in [2.75, 3.05) is 24.5 Å². The Labute approximate surface area is 173 Å². The highest BCUT2D eigenvalue weighted by Crippen LogP contribution is 2.48. The quantitative estimate of drug-likeness (QED) is 0.733. The maximum absolute atomic E-state index is 13.2. The first-order valence-corrected chi connectivity index (χ1v) is 11.1. The lowest BCUT2D eigenvalue weighted by molar-refractivity contribution is -0.137. The van der Waals surface area contributed by atoms with Crippen LogP contribution >= 0.6 is 0 Å². The monoisotopic (exact) mass is 438 g/mol. The number of hydrogen-bond donors (Lipinski definition) is 0. The van der Waals surface area contributed by atoms with Crippen LogP contribution in [-0.4, -0.2) is 38.3 Å². The number of carbonyl (C=O) groups is 1. The van der Waals surface area contributed by atoms with Gasteiger partial charge in [0.25, 0.3) is 0 Å². The maximum Gasteiger partial charge on any atom is 0.416 e. The second-order valence-electron chi connectivity index (χ2n) is 7.57. The lowest BCUT2D eigenvalue weighted by Gasteiger charge is -2.37. The summed E-state index contributed by atoms with van der Waals surface area (Å²) in [5.74, 6) is -0.0159. The zero-order chi connectivity index (χ0) is 21.7. The fourth-order valence-corrected chi connectivity index (χ4v) is 5.91. The molecule has 9 heteroatoms. The lowest BCUT2D eigenvalue weighted by atomic mass is 9.74. The summed E-state index contributed by atoms with van der Waals surface area (Å²) in [7, 11) is -3.94. The molecule has 4 rings (SSSR count). The smallest absolute Gasteiger partial charge is 0.312 e. The molecule has 0 unspecified atom stereocenters. The van der Waals surface area contributed by atoms with Crippen LogP contribution in [0.5, 0.6) is 0 Å². The summed E-state index contributed by atoms with van der Waals surface area (Å²) in [5.41, 5.74) is 0.137. The number of halogens is 3. The van der Waals surface area contributed by atoms with Gasteiger partial charge in [-0.15, -0.1) is 0 Å². The molecule has 5 nitrogen and oxygen atoms in total. The number of para-hydroxylation sites is 1. The van der Waals surface area contributed by atoms with Gasteiger partial charge in [0.1, 0.15) is 0 Å². The van der Waals surface area contributed by atoms with Crippen molar-refractivity contribution in [2.24, 2.45) is 0 Å². The molecule has 0 aromatic heterocycles. The molecule has 2 heterocycles. The van der Waals surface area contributed by atoms with Crippen LogP contribution in [0, 0.1) is 0 Å². The molecule has 30 heavy (non-hydrogen) atoms. The summed E-state index contributed by atoms with van der Waals surface area (Å²) in [6, 6.07) is 11.1. The SMILES string of the molecule is CCN1C(=O)C2(CCN(S(=O)(=O)c3ccc(C(F)(F)F)cc3)CC2)c2ccccc21. The second kappa shape index (κ2) is 7.09. The summed E-state index contributed by atoms with van der Waals surface area (Å²) >= 11 is 0. The zero-order valence-corrected chi connectivity index (χ0v) is 17.1. The molecule has 0 bridgehead atoms. The largest absolute Gasteiger partial charge is 0.416 e. The van der Waals surface area contributed by atoms with E-state index in [1.54, 1.807) is 4.90 Å². The van der Waals surface area contributed by atoms with Crippen molar-refractivity contribution in [2.45, 2.75) is 36.3 Å². The van der Waals surface area contributed by atoms with E-state index in [0.29, 0.717) is 19.4 Å². The van der Waals surface area contributed by atoms with Crippen molar-refractivity contribution in [3.63, 3.8) is 0 Å². The minimum atomic E-state index is -4.53. The van der Waals surface area contributed by atoms with Gasteiger partial charge in [0.15, 0.2) is 0 Å². The molecule has 1 amide bonds. The van der Waals surface area contributed by atoms with Gasteiger partial charge in [-0.05, 0) is 55.7 Å². The van der Waals surface area contributed by atoms with Crippen molar-refractivity contribution in [1.29, 1.82) is 0 Å². The molecule has 0 radical (unpaired) electrons. The number of carbonyl (C=O) groups excluding carboxylic acids is 1. The Balaban J connectivity index is 1.58. The average molecular weight is 438 g/mol. The highest BCUT2D eigenvalue weighted by atomic mass is 32.2. The molecule has 0 saturated carbocycles. The molecule has 0 atom stereocenters. The predicted molar refractivity (Wildman–Crippen MR) is 106 cm³/mol. The fourth-order valence-electron chi connectivity index (χ4n) is 4.47. The third-order valence-electron chi connectivity index (χ3n) is 6.08. The number of piperidine rings is 1. The molecule has 1 fully saturated rings. The summed E-state index contributed by atoms with van der Waals surface area (Å²) < 4.78 is 65.4. The molecule has 2 aromatic carbocycles. The molecule has 1 saturated heterocycles. The summed E-state index contributed by atoms with van der Waals surface area (Å²) in [6.07, 6.45) is -3.86. The normalized spacial score (nSPS) is 19.3. The van der Waals surface area contributed by atoms with Crippen molar-refractivity contribution in [3.05, 3.63) is 59.7 Å². The summed E-state index contributed by atoms with van der Waals surface area (Å²) in [6.45, 7) is 2.69. The van der Waals surface area contributed by atoms with Crippen LogP contribution < -0.4 is 4.90 Å². The number of alkyl halides is 3. The first-order chi connectivity index (χ1) is 14.1. The number of amides is 1. The Bertz CT molecular complexity index is 1070. The number of likely N-dealkylation sites (N-methyl/N-ethyl adjacent to an activating group) is 1. The Hall–Kier alpha value is -2.39. The van der Waals surface area contributed by atoms with E-state index in [1.807, 2.05) is 31.2 Å². The van der Waals surface area contributed by atoms with Gasteiger partial charge in [-0.3, -0.25) is 4.79 Å². The number of anilines is 1. The number of benzene rings is 2. The van der Waals surface area contributed by atoms with Gasteiger partial charge in [0.05, 0.1) is 15.9 Å². The van der Waals surface area contributed by atoms with E-state index in [2.05, 4.69) is 0 Å². The van der Waals surface area contributed by atoms with Crippen molar-refractivity contribution in [3.8, 4) is 0 Å². The van der Waals surface area contributed by atoms with Crippen molar-refractivity contribution < 1.29 is 26.4 Å². The molecule has 0 N–H and O–H groups in total. The summed E-state index contributed by atoms with van der Waals surface area (Å²) in [4.78, 5) is 14.7. The average Bonchev–Trinajstić information content (AvgIpc) is 2.95. The van der Waals surface area contributed by atoms with Gasteiger partial charge in [0, 0.05) is 25.3 Å². The Morgan fingerprint density at radius 2 is 1.60 bits per heavy atom. The van der Waals surface area contributed by atoms with Crippen LogP contribution in [0.25, 0.3) is 0 Å². The van der Waals surface area contributed by atoms with E-state index in [0.717, 1.165) is 35.5 Å². The van der Waals surface area contributed by atoms with Crippen LogP contribution in [0.3, 0.4) is 0 Å². The van der Waals surface area contributed by atoms with E-state index in [4.69, 9.17) is 0 Å². The first kappa shape index (κ1) is 20.9. The second-order valence-corrected chi connectivity index (χ2v) is 9.51. The third-order valence-corrected chi connectivity index (χ3v) is 7.99. The molecule has 2 aliphatic rings. The van der Waals surface area contributed by atoms with E-state index >= 15 is 0 Å². The summed E-state index contributed by atoms with van der Waals surface area (Å²) in [5, 5.41) is 0. The molecule has 1 spiro atoms. The zero-order valence-electron chi connectivity index (χ0n) is 16.3. The van der Waals surface area contributed by atoms with E-state index in [9.17, 15) is 26.4 Å². The van der Waals surface area contributed by atoms with Gasteiger partial charge in [-0.25, -0.2) is 8.42 Å². The van der Waals surface area contributed by atoms with Gasteiger partial charge in [-0.1, -0.05) is 18.2 Å². The Morgan fingerprint density at radius 1 is 1.00 bits per heavy atom. The third kappa shape index (κ3) is 3.11. The van der Waals surface area contributed by atoms with Crippen LogP contribution in [0.15, 0.2) is 53.4 Å². The molecule has 160 valence electrons. The minimum absolute atomic E-state index is 0.0159. The lowest BCUT2D eigenvalue weighted by Crippen LogP contribution is -2.50. The first-order valence-electron chi connectivity index (χ1n) is 9.70. The van der Waals surface area contributed by atoms with Crippen LogP contribution in [0.4, 0.5) is 18.9 Å². The number of nitrogens with zero attached hydrogens (tertiary/aromatic N) is 2. The minimum Gasteiger partial charge on any atom is -0.312 e. The number of fused-ring (bicyclic) bond motifs is 2.